The Kier molecular flexibility index (Phi) is 8.40. The summed E-state index contributed by atoms with van der Waals surface area (Å²) in [6, 6.07) is 19.6. The van der Waals surface area contributed by atoms with Crippen molar-refractivity contribution < 1.29 is 14.3 Å². The molecule has 3 aromatic carbocycles. The van der Waals surface area contributed by atoms with E-state index in [1.54, 1.807) is 0 Å². The van der Waals surface area contributed by atoms with Gasteiger partial charge in [-0.2, -0.15) is 0 Å². The average molecular weight is 453 g/mol. The fourth-order valence-corrected chi connectivity index (χ4v) is 3.53. The van der Waals surface area contributed by atoms with E-state index in [1.165, 1.54) is 5.56 Å². The van der Waals surface area contributed by atoms with E-state index in [0.717, 1.165) is 28.9 Å². The summed E-state index contributed by atoms with van der Waals surface area (Å²) in [5.41, 5.74) is 5.07. The van der Waals surface area contributed by atoms with Crippen LogP contribution in [0.1, 0.15) is 30.5 Å². The van der Waals surface area contributed by atoms with E-state index in [4.69, 9.17) is 21.1 Å². The summed E-state index contributed by atoms with van der Waals surface area (Å²) in [4.78, 5) is 12.3. The van der Waals surface area contributed by atoms with Gasteiger partial charge in [0.2, 0.25) is 0 Å². The van der Waals surface area contributed by atoms with Crippen molar-refractivity contribution in [1.82, 2.24) is 0 Å². The zero-order chi connectivity index (χ0) is 22.9. The Morgan fingerprint density at radius 2 is 1.72 bits per heavy atom. The first-order chi connectivity index (χ1) is 15.5. The van der Waals surface area contributed by atoms with Gasteiger partial charge in [0.05, 0.1) is 11.6 Å². The Morgan fingerprint density at radius 1 is 0.938 bits per heavy atom. The molecule has 0 saturated heterocycles. The van der Waals surface area contributed by atoms with Crippen molar-refractivity contribution in [2.45, 2.75) is 33.7 Å². The molecule has 0 fully saturated rings. The molecule has 0 aromatic heterocycles. The van der Waals surface area contributed by atoms with E-state index in [0.29, 0.717) is 29.7 Å². The Bertz CT molecular complexity index is 1050. The molecule has 0 aliphatic rings. The van der Waals surface area contributed by atoms with Gasteiger partial charge in [-0.15, -0.1) is 0 Å². The monoisotopic (exact) mass is 452 g/mol. The first-order valence-electron chi connectivity index (χ1n) is 10.8. The maximum absolute atomic E-state index is 12.3. The largest absolute Gasteiger partial charge is 0.490 e. The summed E-state index contributed by atoms with van der Waals surface area (Å²) in [7, 11) is 0. The maximum atomic E-state index is 12.3. The highest BCUT2D eigenvalue weighted by Crippen LogP contribution is 2.37. The van der Waals surface area contributed by atoms with Crippen molar-refractivity contribution in [3.63, 3.8) is 0 Å². The van der Waals surface area contributed by atoms with Crippen LogP contribution >= 0.6 is 11.6 Å². The minimum absolute atomic E-state index is 0.172. The van der Waals surface area contributed by atoms with Crippen LogP contribution in [0.15, 0.2) is 60.7 Å². The van der Waals surface area contributed by atoms with Crippen molar-refractivity contribution in [3.8, 4) is 11.5 Å². The number of halogens is 1. The number of carbonyl (C=O) groups is 1. The molecule has 2 N–H and O–H groups in total. The van der Waals surface area contributed by atoms with E-state index < -0.39 is 0 Å². The molecule has 0 bridgehead atoms. The van der Waals surface area contributed by atoms with Crippen molar-refractivity contribution in [3.05, 3.63) is 82.4 Å². The molecular formula is C26H29ClN2O3. The normalized spacial score (nSPS) is 10.5. The smallest absolute Gasteiger partial charge is 0.262 e. The molecule has 0 radical (unpaired) electrons. The van der Waals surface area contributed by atoms with Gasteiger partial charge in [0.1, 0.15) is 0 Å². The minimum atomic E-state index is -0.268. The number of anilines is 2. The Balaban J connectivity index is 1.65. The second-order valence-corrected chi connectivity index (χ2v) is 7.86. The fraction of sp³-hybridized carbons (Fsp3) is 0.269. The van der Waals surface area contributed by atoms with Crippen LogP contribution in [0.25, 0.3) is 0 Å². The lowest BCUT2D eigenvalue weighted by Gasteiger charge is -2.16. The van der Waals surface area contributed by atoms with Crippen molar-refractivity contribution >= 4 is 28.9 Å². The van der Waals surface area contributed by atoms with E-state index in [9.17, 15) is 4.79 Å². The van der Waals surface area contributed by atoms with E-state index in [2.05, 4.69) is 41.8 Å². The Hall–Kier alpha value is -3.18. The molecule has 32 heavy (non-hydrogen) atoms. The van der Waals surface area contributed by atoms with Gasteiger partial charge < -0.3 is 20.1 Å². The Morgan fingerprint density at radius 3 is 2.41 bits per heavy atom. The third-order valence-corrected chi connectivity index (χ3v) is 5.16. The minimum Gasteiger partial charge on any atom is -0.490 e. The standard InChI is InChI=1S/C26H29ClN2O3/c1-4-19-9-11-21(12-10-19)28-16-20-14-23(27)26(24(15-20)31-5-2)32-17-25(30)29-22-8-6-7-18(3)13-22/h6-15,28H,4-5,16-17H2,1-3H3,(H,29,30). The summed E-state index contributed by atoms with van der Waals surface area (Å²) >= 11 is 6.49. The molecule has 6 heteroatoms. The van der Waals surface area contributed by atoms with Gasteiger partial charge in [-0.25, -0.2) is 0 Å². The molecule has 3 aromatic rings. The first kappa shape index (κ1) is 23.5. The van der Waals surface area contributed by atoms with Crippen LogP contribution < -0.4 is 20.1 Å². The number of hydrogen-bond acceptors (Lipinski definition) is 4. The van der Waals surface area contributed by atoms with Crippen LogP contribution in [-0.4, -0.2) is 19.1 Å². The number of carbonyl (C=O) groups excluding carboxylic acids is 1. The van der Waals surface area contributed by atoms with Crippen LogP contribution in [0.4, 0.5) is 11.4 Å². The fourth-order valence-electron chi connectivity index (χ4n) is 3.25. The number of nitrogens with one attached hydrogen (secondary N) is 2. The highest BCUT2D eigenvalue weighted by atomic mass is 35.5. The molecule has 168 valence electrons. The maximum Gasteiger partial charge on any atom is 0.262 e. The molecule has 5 nitrogen and oxygen atoms in total. The molecule has 0 saturated carbocycles. The van der Waals surface area contributed by atoms with Gasteiger partial charge in [-0.1, -0.05) is 42.8 Å². The average Bonchev–Trinajstić information content (AvgIpc) is 2.77. The highest BCUT2D eigenvalue weighted by molar-refractivity contribution is 6.32. The van der Waals surface area contributed by atoms with Gasteiger partial charge in [-0.05, 0) is 73.4 Å². The molecule has 0 aliphatic carbocycles. The number of benzene rings is 3. The summed E-state index contributed by atoms with van der Waals surface area (Å²) in [6.45, 7) is 6.86. The van der Waals surface area contributed by atoms with Crippen molar-refractivity contribution in [2.24, 2.45) is 0 Å². The summed E-state index contributed by atoms with van der Waals surface area (Å²) < 4.78 is 11.5. The van der Waals surface area contributed by atoms with Gasteiger partial charge >= 0.3 is 0 Å². The summed E-state index contributed by atoms with van der Waals surface area (Å²) in [5.74, 6) is 0.612. The van der Waals surface area contributed by atoms with Crippen LogP contribution in [0.2, 0.25) is 5.02 Å². The zero-order valence-corrected chi connectivity index (χ0v) is 19.5. The molecule has 3 rings (SSSR count). The van der Waals surface area contributed by atoms with Crippen molar-refractivity contribution in [1.29, 1.82) is 0 Å². The van der Waals surface area contributed by atoms with Crippen LogP contribution in [0.5, 0.6) is 11.5 Å². The predicted molar refractivity (Wildman–Crippen MR) is 131 cm³/mol. The summed E-state index contributed by atoms with van der Waals surface area (Å²) in [6.07, 6.45) is 1.01. The second-order valence-electron chi connectivity index (χ2n) is 7.45. The van der Waals surface area contributed by atoms with Gasteiger partial charge in [-0.3, -0.25) is 4.79 Å². The van der Waals surface area contributed by atoms with E-state index in [1.807, 2.05) is 50.2 Å². The lowest BCUT2D eigenvalue weighted by atomic mass is 10.1. The quantitative estimate of drug-likeness (QED) is 0.382. The molecule has 0 spiro atoms. The van der Waals surface area contributed by atoms with Crippen molar-refractivity contribution in [2.75, 3.05) is 23.8 Å². The Labute approximate surface area is 194 Å². The highest BCUT2D eigenvalue weighted by Gasteiger charge is 2.15. The number of ether oxygens (including phenoxy) is 2. The molecule has 0 atom stereocenters. The summed E-state index contributed by atoms with van der Waals surface area (Å²) in [5, 5.41) is 6.62. The lowest BCUT2D eigenvalue weighted by molar-refractivity contribution is -0.118. The number of aryl methyl sites for hydroxylation is 2. The van der Waals surface area contributed by atoms with Crippen LogP contribution in [-0.2, 0) is 17.8 Å². The third-order valence-electron chi connectivity index (χ3n) is 4.88. The number of rotatable bonds is 10. The van der Waals surface area contributed by atoms with E-state index >= 15 is 0 Å². The molecule has 0 unspecified atom stereocenters. The molecule has 0 heterocycles. The van der Waals surface area contributed by atoms with Crippen LogP contribution in [0.3, 0.4) is 0 Å². The van der Waals surface area contributed by atoms with Gasteiger partial charge in [0.15, 0.2) is 18.1 Å². The van der Waals surface area contributed by atoms with Gasteiger partial charge in [0, 0.05) is 17.9 Å². The number of hydrogen-bond donors (Lipinski definition) is 2. The van der Waals surface area contributed by atoms with Gasteiger partial charge in [0.25, 0.3) is 5.91 Å². The first-order valence-corrected chi connectivity index (χ1v) is 11.1. The zero-order valence-electron chi connectivity index (χ0n) is 18.7. The SMILES string of the molecule is CCOc1cc(CNc2ccc(CC)cc2)cc(Cl)c1OCC(=O)Nc1cccc(C)c1. The second kappa shape index (κ2) is 11.4. The lowest BCUT2D eigenvalue weighted by Crippen LogP contribution is -2.20. The van der Waals surface area contributed by atoms with E-state index in [-0.39, 0.29) is 12.5 Å². The predicted octanol–water partition coefficient (Wildman–Crippen LogP) is 6.24. The van der Waals surface area contributed by atoms with Crippen LogP contribution in [0, 0.1) is 6.92 Å². The third kappa shape index (κ3) is 6.66. The molecule has 1 amide bonds. The molecule has 0 aliphatic heterocycles. The molecular weight excluding hydrogens is 424 g/mol. The topological polar surface area (TPSA) is 59.6 Å². The number of amides is 1.